The SMILES string of the molecule is CCOC(=O)c1ccnc(NC(=O)/C=C/c2ccc(OC)c(OC)c2)c1. The van der Waals surface area contributed by atoms with E-state index in [1.807, 2.05) is 0 Å². The van der Waals surface area contributed by atoms with Crippen molar-refractivity contribution in [2.24, 2.45) is 0 Å². The van der Waals surface area contributed by atoms with Gasteiger partial charge in [-0.1, -0.05) is 6.07 Å². The van der Waals surface area contributed by atoms with Gasteiger partial charge >= 0.3 is 5.97 Å². The van der Waals surface area contributed by atoms with Gasteiger partial charge in [0.2, 0.25) is 5.91 Å². The van der Waals surface area contributed by atoms with Crippen molar-refractivity contribution < 1.29 is 23.8 Å². The first-order valence-electron chi connectivity index (χ1n) is 7.91. The number of hydrogen-bond donors (Lipinski definition) is 1. The van der Waals surface area contributed by atoms with Crippen molar-refractivity contribution >= 4 is 23.8 Å². The molecule has 1 amide bonds. The number of rotatable bonds is 7. The first-order valence-corrected chi connectivity index (χ1v) is 7.91. The summed E-state index contributed by atoms with van der Waals surface area (Å²) < 4.78 is 15.3. The van der Waals surface area contributed by atoms with Crippen molar-refractivity contribution in [1.82, 2.24) is 4.98 Å². The molecule has 7 heteroatoms. The number of methoxy groups -OCH3 is 2. The molecular weight excluding hydrogens is 336 g/mol. The molecule has 136 valence electrons. The van der Waals surface area contributed by atoms with Crippen molar-refractivity contribution in [3.05, 3.63) is 53.7 Å². The lowest BCUT2D eigenvalue weighted by atomic mass is 10.2. The van der Waals surface area contributed by atoms with Crippen molar-refractivity contribution in [2.75, 3.05) is 26.1 Å². The van der Waals surface area contributed by atoms with Crippen LogP contribution >= 0.6 is 0 Å². The largest absolute Gasteiger partial charge is 0.493 e. The van der Waals surface area contributed by atoms with Crippen LogP contribution in [-0.2, 0) is 9.53 Å². The Bertz CT molecular complexity index is 817. The Labute approximate surface area is 151 Å². The first-order chi connectivity index (χ1) is 12.6. The Morgan fingerprint density at radius 1 is 1.12 bits per heavy atom. The van der Waals surface area contributed by atoms with E-state index in [-0.39, 0.29) is 18.3 Å². The van der Waals surface area contributed by atoms with Crippen LogP contribution < -0.4 is 14.8 Å². The van der Waals surface area contributed by atoms with Gasteiger partial charge in [0.05, 0.1) is 26.4 Å². The zero-order valence-electron chi connectivity index (χ0n) is 14.8. The van der Waals surface area contributed by atoms with Gasteiger partial charge in [0.15, 0.2) is 11.5 Å². The van der Waals surface area contributed by atoms with Crippen LogP contribution in [0.2, 0.25) is 0 Å². The molecule has 1 heterocycles. The number of carbonyl (C=O) groups is 2. The van der Waals surface area contributed by atoms with Crippen LogP contribution in [0.25, 0.3) is 6.08 Å². The predicted molar refractivity (Wildman–Crippen MR) is 97.4 cm³/mol. The number of esters is 1. The quantitative estimate of drug-likeness (QED) is 0.606. The minimum Gasteiger partial charge on any atom is -0.493 e. The van der Waals surface area contributed by atoms with Crippen LogP contribution in [0, 0.1) is 0 Å². The fourth-order valence-electron chi connectivity index (χ4n) is 2.14. The number of hydrogen-bond acceptors (Lipinski definition) is 6. The van der Waals surface area contributed by atoms with Gasteiger partial charge in [-0.25, -0.2) is 9.78 Å². The van der Waals surface area contributed by atoms with Gasteiger partial charge in [-0.2, -0.15) is 0 Å². The zero-order valence-corrected chi connectivity index (χ0v) is 14.8. The molecule has 0 saturated heterocycles. The number of carbonyl (C=O) groups excluding carboxylic acids is 2. The van der Waals surface area contributed by atoms with Gasteiger partial charge in [0, 0.05) is 12.3 Å². The number of amides is 1. The molecule has 0 saturated carbocycles. The Kier molecular flexibility index (Phi) is 6.73. The van der Waals surface area contributed by atoms with E-state index < -0.39 is 5.97 Å². The average Bonchev–Trinajstić information content (AvgIpc) is 2.66. The van der Waals surface area contributed by atoms with Gasteiger partial charge in [0.1, 0.15) is 5.82 Å². The van der Waals surface area contributed by atoms with Gasteiger partial charge in [-0.15, -0.1) is 0 Å². The van der Waals surface area contributed by atoms with E-state index in [2.05, 4.69) is 10.3 Å². The maximum Gasteiger partial charge on any atom is 0.338 e. The molecule has 0 unspecified atom stereocenters. The fourth-order valence-corrected chi connectivity index (χ4v) is 2.14. The van der Waals surface area contributed by atoms with Crippen LogP contribution in [0.4, 0.5) is 5.82 Å². The van der Waals surface area contributed by atoms with Crippen LogP contribution in [0.1, 0.15) is 22.8 Å². The number of anilines is 1. The highest BCUT2D eigenvalue weighted by atomic mass is 16.5. The van der Waals surface area contributed by atoms with Crippen LogP contribution in [0.3, 0.4) is 0 Å². The molecule has 7 nitrogen and oxygen atoms in total. The summed E-state index contributed by atoms with van der Waals surface area (Å²) >= 11 is 0. The van der Waals surface area contributed by atoms with E-state index in [0.717, 1.165) is 5.56 Å². The maximum atomic E-state index is 12.1. The van der Waals surface area contributed by atoms with E-state index in [1.54, 1.807) is 45.4 Å². The highest BCUT2D eigenvalue weighted by molar-refractivity contribution is 6.02. The smallest absolute Gasteiger partial charge is 0.338 e. The zero-order chi connectivity index (χ0) is 18.9. The predicted octanol–water partition coefficient (Wildman–Crippen LogP) is 2.93. The van der Waals surface area contributed by atoms with E-state index in [1.165, 1.54) is 24.4 Å². The number of pyridine rings is 1. The molecule has 0 bridgehead atoms. The monoisotopic (exact) mass is 356 g/mol. The molecule has 26 heavy (non-hydrogen) atoms. The summed E-state index contributed by atoms with van der Waals surface area (Å²) in [6, 6.07) is 8.28. The molecule has 2 aromatic rings. The van der Waals surface area contributed by atoms with Crippen LogP contribution in [0.5, 0.6) is 11.5 Å². The van der Waals surface area contributed by atoms with Gasteiger partial charge in [-0.05, 0) is 42.8 Å². The fraction of sp³-hybridized carbons (Fsp3) is 0.211. The normalized spacial score (nSPS) is 10.4. The van der Waals surface area contributed by atoms with E-state index in [4.69, 9.17) is 14.2 Å². The molecule has 0 fully saturated rings. The summed E-state index contributed by atoms with van der Waals surface area (Å²) in [5, 5.41) is 2.60. The molecule has 2 rings (SSSR count). The molecule has 1 N–H and O–H groups in total. The lowest BCUT2D eigenvalue weighted by Gasteiger charge is -2.07. The van der Waals surface area contributed by atoms with Crippen molar-refractivity contribution in [1.29, 1.82) is 0 Å². The molecular formula is C19H20N2O5. The summed E-state index contributed by atoms with van der Waals surface area (Å²) in [5.74, 6) is 0.588. The van der Waals surface area contributed by atoms with Crippen molar-refractivity contribution in [2.45, 2.75) is 6.92 Å². The first kappa shape index (κ1) is 19.0. The third-order valence-electron chi connectivity index (χ3n) is 3.36. The Balaban J connectivity index is 2.05. The maximum absolute atomic E-state index is 12.1. The summed E-state index contributed by atoms with van der Waals surface area (Å²) in [5.41, 5.74) is 1.09. The van der Waals surface area contributed by atoms with Gasteiger partial charge in [0.25, 0.3) is 0 Å². The Hall–Kier alpha value is -3.35. The van der Waals surface area contributed by atoms with Gasteiger partial charge in [-0.3, -0.25) is 4.79 Å². The summed E-state index contributed by atoms with van der Waals surface area (Å²) in [6.07, 6.45) is 4.42. The molecule has 0 atom stereocenters. The topological polar surface area (TPSA) is 86.8 Å². The molecule has 0 radical (unpaired) electrons. The second-order valence-electron chi connectivity index (χ2n) is 5.09. The molecule has 0 aliphatic carbocycles. The van der Waals surface area contributed by atoms with E-state index in [0.29, 0.717) is 17.1 Å². The van der Waals surface area contributed by atoms with Gasteiger partial charge < -0.3 is 19.5 Å². The van der Waals surface area contributed by atoms with Crippen LogP contribution in [0.15, 0.2) is 42.6 Å². The lowest BCUT2D eigenvalue weighted by molar-refractivity contribution is -0.111. The molecule has 0 aliphatic heterocycles. The number of nitrogens with zero attached hydrogens (tertiary/aromatic N) is 1. The third kappa shape index (κ3) is 5.07. The standard InChI is InChI=1S/C19H20N2O5/c1-4-26-19(23)14-9-10-20-17(12-14)21-18(22)8-6-13-5-7-15(24-2)16(11-13)25-3/h5-12H,4H2,1-3H3,(H,20,21,22)/b8-6+. The highest BCUT2D eigenvalue weighted by Gasteiger charge is 2.08. The Morgan fingerprint density at radius 3 is 2.58 bits per heavy atom. The minimum absolute atomic E-state index is 0.262. The van der Waals surface area contributed by atoms with Crippen molar-refractivity contribution in [3.8, 4) is 11.5 Å². The highest BCUT2D eigenvalue weighted by Crippen LogP contribution is 2.27. The number of benzene rings is 1. The second-order valence-corrected chi connectivity index (χ2v) is 5.09. The number of aromatic nitrogens is 1. The molecule has 0 spiro atoms. The van der Waals surface area contributed by atoms with E-state index in [9.17, 15) is 9.59 Å². The number of nitrogens with one attached hydrogen (secondary N) is 1. The summed E-state index contributed by atoms with van der Waals surface area (Å²) in [6.45, 7) is 2.00. The molecule has 1 aromatic heterocycles. The minimum atomic E-state index is -0.466. The summed E-state index contributed by atoms with van der Waals surface area (Å²) in [7, 11) is 3.10. The van der Waals surface area contributed by atoms with Crippen molar-refractivity contribution in [3.63, 3.8) is 0 Å². The third-order valence-corrected chi connectivity index (χ3v) is 3.36. The second kappa shape index (κ2) is 9.22. The average molecular weight is 356 g/mol. The number of ether oxygens (including phenoxy) is 3. The molecule has 1 aromatic carbocycles. The summed E-state index contributed by atoms with van der Waals surface area (Å²) in [4.78, 5) is 27.8. The Morgan fingerprint density at radius 2 is 1.88 bits per heavy atom. The molecule has 0 aliphatic rings. The van der Waals surface area contributed by atoms with E-state index >= 15 is 0 Å². The van der Waals surface area contributed by atoms with Crippen LogP contribution in [-0.4, -0.2) is 37.7 Å². The lowest BCUT2D eigenvalue weighted by Crippen LogP contribution is -2.11.